The molecule has 27 heavy (non-hydrogen) atoms. The molecule has 0 bridgehead atoms. The molecule has 1 atom stereocenters. The summed E-state index contributed by atoms with van der Waals surface area (Å²) < 4.78 is 30.5. The molecule has 0 N–H and O–H groups in total. The smallest absolute Gasteiger partial charge is 0.237 e. The van der Waals surface area contributed by atoms with Crippen molar-refractivity contribution in [3.05, 3.63) is 41.0 Å². The van der Waals surface area contributed by atoms with E-state index >= 15 is 0 Å². The minimum atomic E-state index is -2.96. The average molecular weight is 426 g/mol. The number of aromatic nitrogens is 5. The van der Waals surface area contributed by atoms with Crippen molar-refractivity contribution < 1.29 is 12.9 Å². The van der Waals surface area contributed by atoms with Crippen LogP contribution in [0.25, 0.3) is 11.4 Å². The summed E-state index contributed by atoms with van der Waals surface area (Å²) in [4.78, 5) is 4.38. The summed E-state index contributed by atoms with van der Waals surface area (Å²) in [6.45, 7) is 0. The molecule has 1 fully saturated rings. The summed E-state index contributed by atoms with van der Waals surface area (Å²) in [5.41, 5.74) is 0.822. The number of thioether (sulfide) groups is 1. The van der Waals surface area contributed by atoms with Crippen molar-refractivity contribution in [1.82, 2.24) is 24.9 Å². The Kier molecular flexibility index (Phi) is 4.95. The second-order valence-corrected chi connectivity index (χ2v) is 9.91. The van der Waals surface area contributed by atoms with E-state index in [0.29, 0.717) is 39.9 Å². The molecule has 0 aliphatic carbocycles. The van der Waals surface area contributed by atoms with Crippen LogP contribution in [0.1, 0.15) is 24.1 Å². The minimum absolute atomic E-state index is 0.0956. The lowest BCUT2D eigenvalue weighted by Crippen LogP contribution is -2.09. The topological polar surface area (TPSA) is 104 Å². The normalized spacial score (nSPS) is 18.8. The zero-order chi connectivity index (χ0) is 19.0. The molecule has 11 heteroatoms. The molecule has 0 radical (unpaired) electrons. The van der Waals surface area contributed by atoms with E-state index in [2.05, 4.69) is 20.3 Å². The Morgan fingerprint density at radius 1 is 1.30 bits per heavy atom. The van der Waals surface area contributed by atoms with Crippen LogP contribution >= 0.6 is 23.4 Å². The highest BCUT2D eigenvalue weighted by molar-refractivity contribution is 7.98. The molecule has 0 amide bonds. The molecule has 8 nitrogen and oxygen atoms in total. The fraction of sp³-hybridized carbons (Fsp3) is 0.375. The van der Waals surface area contributed by atoms with E-state index in [1.54, 1.807) is 12.1 Å². The van der Waals surface area contributed by atoms with Gasteiger partial charge in [-0.05, 0) is 30.7 Å². The fourth-order valence-electron chi connectivity index (χ4n) is 2.96. The Hall–Kier alpha value is -1.91. The first-order valence-electron chi connectivity index (χ1n) is 8.22. The Labute approximate surface area is 165 Å². The molecule has 0 spiro atoms. The Morgan fingerprint density at radius 3 is 2.78 bits per heavy atom. The van der Waals surface area contributed by atoms with Crippen molar-refractivity contribution in [3.63, 3.8) is 0 Å². The third kappa shape index (κ3) is 4.02. The number of sulfone groups is 1. The lowest BCUT2D eigenvalue weighted by Gasteiger charge is -2.07. The van der Waals surface area contributed by atoms with Gasteiger partial charge in [0, 0.05) is 23.6 Å². The zero-order valence-corrected chi connectivity index (χ0v) is 16.8. The monoisotopic (exact) mass is 425 g/mol. The molecular formula is C16H16ClN5O3S2. The summed E-state index contributed by atoms with van der Waals surface area (Å²) in [7, 11) is -1.12. The molecule has 142 valence electrons. The first-order chi connectivity index (χ1) is 12.9. The van der Waals surface area contributed by atoms with Gasteiger partial charge < -0.3 is 9.09 Å². The van der Waals surface area contributed by atoms with Crippen LogP contribution in [-0.4, -0.2) is 44.8 Å². The van der Waals surface area contributed by atoms with Crippen LogP contribution in [0.15, 0.2) is 33.9 Å². The van der Waals surface area contributed by atoms with Crippen molar-refractivity contribution >= 4 is 33.2 Å². The molecule has 4 rings (SSSR count). The summed E-state index contributed by atoms with van der Waals surface area (Å²) in [6, 6.07) is 7.20. The van der Waals surface area contributed by atoms with Gasteiger partial charge in [-0.25, -0.2) is 8.42 Å². The quantitative estimate of drug-likeness (QED) is 0.574. The predicted molar refractivity (Wildman–Crippen MR) is 101 cm³/mol. The van der Waals surface area contributed by atoms with Gasteiger partial charge >= 0.3 is 0 Å². The van der Waals surface area contributed by atoms with E-state index in [1.165, 1.54) is 11.8 Å². The average Bonchev–Trinajstić information content (AvgIpc) is 3.33. The summed E-state index contributed by atoms with van der Waals surface area (Å²) in [6.07, 6.45) is 0.590. The maximum Gasteiger partial charge on any atom is 0.237 e. The molecule has 2 aromatic heterocycles. The van der Waals surface area contributed by atoms with Gasteiger partial charge in [0.2, 0.25) is 11.7 Å². The first-order valence-corrected chi connectivity index (χ1v) is 11.4. The molecule has 1 aromatic carbocycles. The number of rotatable bonds is 5. The van der Waals surface area contributed by atoms with Gasteiger partial charge in [-0.2, -0.15) is 4.98 Å². The van der Waals surface area contributed by atoms with E-state index in [-0.39, 0.29) is 17.4 Å². The molecule has 0 saturated carbocycles. The van der Waals surface area contributed by atoms with Gasteiger partial charge in [-0.15, -0.1) is 10.2 Å². The lowest BCUT2D eigenvalue weighted by molar-refractivity contribution is 0.391. The van der Waals surface area contributed by atoms with Crippen molar-refractivity contribution in [3.8, 4) is 11.4 Å². The number of benzene rings is 1. The SMILES string of the molecule is Cn1c(SCc2nc(-c3ccc(Cl)cc3)no2)nnc1C1CCS(=O)(=O)C1. The zero-order valence-electron chi connectivity index (χ0n) is 14.4. The highest BCUT2D eigenvalue weighted by Crippen LogP contribution is 2.30. The standard InChI is InChI=1S/C16H16ClN5O3S2/c1-22-15(11-6-7-27(23,24)9-11)19-20-16(22)26-8-13-18-14(21-25-13)10-2-4-12(17)5-3-10/h2-5,11H,6-9H2,1H3. The van der Waals surface area contributed by atoms with Crippen LogP contribution in [0.2, 0.25) is 5.02 Å². The fourth-order valence-corrected chi connectivity index (χ4v) is 5.58. The minimum Gasteiger partial charge on any atom is -0.338 e. The highest BCUT2D eigenvalue weighted by atomic mass is 35.5. The van der Waals surface area contributed by atoms with Crippen LogP contribution < -0.4 is 0 Å². The van der Waals surface area contributed by atoms with Gasteiger partial charge in [0.05, 0.1) is 17.3 Å². The number of nitrogens with zero attached hydrogens (tertiary/aromatic N) is 5. The van der Waals surface area contributed by atoms with Crippen LogP contribution in [-0.2, 0) is 22.6 Å². The largest absolute Gasteiger partial charge is 0.338 e. The van der Waals surface area contributed by atoms with Crippen LogP contribution in [0.3, 0.4) is 0 Å². The number of hydrogen-bond acceptors (Lipinski definition) is 8. The van der Waals surface area contributed by atoms with Crippen molar-refractivity contribution in [2.45, 2.75) is 23.2 Å². The predicted octanol–water partition coefficient (Wildman–Crippen LogP) is 2.71. The lowest BCUT2D eigenvalue weighted by atomic mass is 10.1. The first kappa shape index (κ1) is 18.5. The Bertz CT molecular complexity index is 1060. The van der Waals surface area contributed by atoms with Gasteiger partial charge in [0.15, 0.2) is 15.0 Å². The molecule has 1 unspecified atom stereocenters. The van der Waals surface area contributed by atoms with Gasteiger partial charge in [-0.3, -0.25) is 0 Å². The van der Waals surface area contributed by atoms with E-state index in [0.717, 1.165) is 5.56 Å². The van der Waals surface area contributed by atoms with Crippen molar-refractivity contribution in [2.24, 2.45) is 7.05 Å². The number of hydrogen-bond donors (Lipinski definition) is 0. The van der Waals surface area contributed by atoms with E-state index in [4.69, 9.17) is 16.1 Å². The summed E-state index contributed by atoms with van der Waals surface area (Å²) in [5, 5.41) is 13.7. The van der Waals surface area contributed by atoms with Gasteiger partial charge in [-0.1, -0.05) is 28.5 Å². The van der Waals surface area contributed by atoms with Crippen LogP contribution in [0, 0.1) is 0 Å². The Balaban J connectivity index is 1.43. The third-order valence-corrected chi connectivity index (χ3v) is 7.39. The maximum atomic E-state index is 11.7. The maximum absolute atomic E-state index is 11.7. The van der Waals surface area contributed by atoms with Crippen molar-refractivity contribution in [2.75, 3.05) is 11.5 Å². The molecule has 1 aliphatic heterocycles. The van der Waals surface area contributed by atoms with Gasteiger partial charge in [0.1, 0.15) is 5.82 Å². The van der Waals surface area contributed by atoms with Crippen LogP contribution in [0.5, 0.6) is 0 Å². The van der Waals surface area contributed by atoms with E-state index in [9.17, 15) is 8.42 Å². The molecule has 1 saturated heterocycles. The van der Waals surface area contributed by atoms with Gasteiger partial charge in [0.25, 0.3) is 0 Å². The molecule has 1 aliphatic rings. The Morgan fingerprint density at radius 2 is 2.07 bits per heavy atom. The second-order valence-electron chi connectivity index (χ2n) is 6.31. The molecule has 3 heterocycles. The van der Waals surface area contributed by atoms with E-state index < -0.39 is 9.84 Å². The second kappa shape index (κ2) is 7.25. The highest BCUT2D eigenvalue weighted by Gasteiger charge is 2.32. The summed E-state index contributed by atoms with van der Waals surface area (Å²) >= 11 is 7.30. The molecule has 3 aromatic rings. The molecular weight excluding hydrogens is 410 g/mol. The summed E-state index contributed by atoms with van der Waals surface area (Å²) in [5.74, 6) is 2.36. The van der Waals surface area contributed by atoms with Crippen molar-refractivity contribution in [1.29, 1.82) is 0 Å². The van der Waals surface area contributed by atoms with Crippen LogP contribution in [0.4, 0.5) is 0 Å². The third-order valence-electron chi connectivity index (χ3n) is 4.36. The number of halogens is 1. The van der Waals surface area contributed by atoms with E-state index in [1.807, 2.05) is 23.7 Å².